The maximum atomic E-state index is 12.2. The Bertz CT molecular complexity index is 344. The van der Waals surface area contributed by atoms with Gasteiger partial charge in [-0.3, -0.25) is 9.78 Å². The number of nitrogen functional groups attached to an aromatic ring is 1. The van der Waals surface area contributed by atoms with Gasteiger partial charge in [0.25, 0.3) is 6.43 Å². The van der Waals surface area contributed by atoms with E-state index in [2.05, 4.69) is 20.9 Å². The molecule has 1 rings (SSSR count). The van der Waals surface area contributed by atoms with Crippen molar-refractivity contribution < 1.29 is 13.6 Å². The molecule has 0 aliphatic carbocycles. The highest BCUT2D eigenvalue weighted by Crippen LogP contribution is 2.29. The zero-order chi connectivity index (χ0) is 10.0. The molecule has 0 saturated carbocycles. The lowest BCUT2D eigenvalue weighted by atomic mass is 10.2. The van der Waals surface area contributed by atoms with Gasteiger partial charge < -0.3 is 5.73 Å². The summed E-state index contributed by atoms with van der Waals surface area (Å²) in [5, 5.41) is 0. The molecule has 0 atom stereocenters. The first-order chi connectivity index (χ1) is 6.07. The maximum Gasteiger partial charge on any atom is 0.281 e. The van der Waals surface area contributed by atoms with E-state index in [-0.39, 0.29) is 15.7 Å². The van der Waals surface area contributed by atoms with E-state index >= 15 is 0 Å². The molecular formula is C7H5BrF2N2O. The van der Waals surface area contributed by atoms with Crippen LogP contribution < -0.4 is 5.73 Å². The Hall–Kier alpha value is -1.04. The third-order valence-corrected chi connectivity index (χ3v) is 2.32. The molecule has 0 amide bonds. The number of aromatic nitrogens is 1. The van der Waals surface area contributed by atoms with Crippen molar-refractivity contribution >= 4 is 27.9 Å². The number of carbonyl (C=O) groups excluding carboxylic acids is 1. The van der Waals surface area contributed by atoms with Gasteiger partial charge in [-0.1, -0.05) is 0 Å². The lowest BCUT2D eigenvalue weighted by Gasteiger charge is -2.05. The van der Waals surface area contributed by atoms with Crippen molar-refractivity contribution in [3.8, 4) is 0 Å². The molecule has 0 fully saturated rings. The molecular weight excluding hydrogens is 246 g/mol. The Balaban J connectivity index is 3.38. The highest BCUT2D eigenvalue weighted by atomic mass is 79.9. The fraction of sp³-hybridized carbons (Fsp3) is 0.143. The summed E-state index contributed by atoms with van der Waals surface area (Å²) in [7, 11) is 0. The number of nitrogens with zero attached hydrogens (tertiary/aromatic N) is 1. The van der Waals surface area contributed by atoms with Crippen LogP contribution in [0.1, 0.15) is 22.5 Å². The third-order valence-electron chi connectivity index (χ3n) is 1.43. The first-order valence-electron chi connectivity index (χ1n) is 3.25. The zero-order valence-electron chi connectivity index (χ0n) is 6.30. The van der Waals surface area contributed by atoms with Crippen molar-refractivity contribution in [2.45, 2.75) is 6.43 Å². The Kier molecular flexibility index (Phi) is 2.92. The lowest BCUT2D eigenvalue weighted by Crippen LogP contribution is -2.01. The number of hydrogen-bond donors (Lipinski definition) is 1. The smallest absolute Gasteiger partial charge is 0.281 e. The Morgan fingerprint density at radius 3 is 2.69 bits per heavy atom. The normalized spacial score (nSPS) is 10.5. The topological polar surface area (TPSA) is 56.0 Å². The molecule has 1 aromatic rings. The van der Waals surface area contributed by atoms with E-state index < -0.39 is 12.1 Å². The Labute approximate surface area is 81.1 Å². The van der Waals surface area contributed by atoms with E-state index in [1.807, 2.05) is 0 Å². The van der Waals surface area contributed by atoms with Gasteiger partial charge in [-0.2, -0.15) is 0 Å². The number of aldehydes is 1. The largest absolute Gasteiger partial charge is 0.397 e. The number of pyridine rings is 1. The number of halogens is 3. The summed E-state index contributed by atoms with van der Waals surface area (Å²) in [4.78, 5) is 13.8. The molecule has 0 aliphatic heterocycles. The van der Waals surface area contributed by atoms with E-state index in [1.165, 1.54) is 0 Å². The van der Waals surface area contributed by atoms with Crippen LogP contribution in [0, 0.1) is 0 Å². The summed E-state index contributed by atoms with van der Waals surface area (Å²) in [6.45, 7) is 0. The van der Waals surface area contributed by atoms with Crippen LogP contribution >= 0.6 is 15.9 Å². The lowest BCUT2D eigenvalue weighted by molar-refractivity contribution is 0.110. The number of alkyl halides is 2. The molecule has 1 aromatic heterocycles. The molecule has 70 valence electrons. The van der Waals surface area contributed by atoms with E-state index in [0.29, 0.717) is 6.29 Å². The molecule has 2 N–H and O–H groups in total. The van der Waals surface area contributed by atoms with Crippen molar-refractivity contribution in [2.75, 3.05) is 5.73 Å². The minimum Gasteiger partial charge on any atom is -0.397 e. The fourth-order valence-corrected chi connectivity index (χ4v) is 1.22. The van der Waals surface area contributed by atoms with E-state index in [1.54, 1.807) is 0 Å². The SMILES string of the molecule is Nc1cnc(C(F)F)c(C=O)c1Br. The second kappa shape index (κ2) is 3.78. The summed E-state index contributed by atoms with van der Waals surface area (Å²) >= 11 is 2.93. The van der Waals surface area contributed by atoms with E-state index in [9.17, 15) is 13.6 Å². The molecule has 6 heteroatoms. The summed E-state index contributed by atoms with van der Waals surface area (Å²) in [6, 6.07) is 0. The molecule has 3 nitrogen and oxygen atoms in total. The molecule has 0 spiro atoms. The van der Waals surface area contributed by atoms with Crippen molar-refractivity contribution in [3.63, 3.8) is 0 Å². The van der Waals surface area contributed by atoms with Crippen LogP contribution in [0.15, 0.2) is 10.7 Å². The molecule has 0 aromatic carbocycles. The van der Waals surface area contributed by atoms with Gasteiger partial charge in [0.2, 0.25) is 0 Å². The van der Waals surface area contributed by atoms with Crippen LogP contribution in [0.4, 0.5) is 14.5 Å². The highest BCUT2D eigenvalue weighted by molar-refractivity contribution is 9.10. The third kappa shape index (κ3) is 1.82. The highest BCUT2D eigenvalue weighted by Gasteiger charge is 2.18. The monoisotopic (exact) mass is 250 g/mol. The molecule has 0 bridgehead atoms. The number of nitrogens with two attached hydrogens (primary N) is 1. The molecule has 0 saturated heterocycles. The Morgan fingerprint density at radius 1 is 1.62 bits per heavy atom. The summed E-state index contributed by atoms with van der Waals surface area (Å²) in [5.41, 5.74) is 4.75. The summed E-state index contributed by atoms with van der Waals surface area (Å²) < 4.78 is 24.6. The molecule has 13 heavy (non-hydrogen) atoms. The van der Waals surface area contributed by atoms with Crippen LogP contribution in [-0.2, 0) is 0 Å². The maximum absolute atomic E-state index is 12.2. The van der Waals surface area contributed by atoms with Gasteiger partial charge in [0.1, 0.15) is 5.69 Å². The van der Waals surface area contributed by atoms with E-state index in [4.69, 9.17) is 5.73 Å². The van der Waals surface area contributed by atoms with E-state index in [0.717, 1.165) is 6.20 Å². The molecule has 0 aliphatic rings. The van der Waals surface area contributed by atoms with Crippen LogP contribution in [0.2, 0.25) is 0 Å². The minimum absolute atomic E-state index is 0.159. The first kappa shape index (κ1) is 10.0. The quantitative estimate of drug-likeness (QED) is 0.819. The molecule has 0 radical (unpaired) electrons. The minimum atomic E-state index is -2.78. The first-order valence-corrected chi connectivity index (χ1v) is 4.04. The van der Waals surface area contributed by atoms with Gasteiger partial charge in [-0.05, 0) is 15.9 Å². The van der Waals surface area contributed by atoms with Crippen molar-refractivity contribution in [2.24, 2.45) is 0 Å². The van der Waals surface area contributed by atoms with Gasteiger partial charge >= 0.3 is 0 Å². The second-order valence-electron chi connectivity index (χ2n) is 2.24. The molecule has 1 heterocycles. The predicted molar refractivity (Wildman–Crippen MR) is 46.7 cm³/mol. The summed E-state index contributed by atoms with van der Waals surface area (Å²) in [6.07, 6.45) is -1.40. The zero-order valence-corrected chi connectivity index (χ0v) is 7.88. The predicted octanol–water partition coefficient (Wildman–Crippen LogP) is 2.18. The number of rotatable bonds is 2. The van der Waals surface area contributed by atoms with Gasteiger partial charge in [0.15, 0.2) is 6.29 Å². The van der Waals surface area contributed by atoms with Crippen LogP contribution in [-0.4, -0.2) is 11.3 Å². The van der Waals surface area contributed by atoms with Crippen molar-refractivity contribution in [3.05, 3.63) is 21.9 Å². The second-order valence-corrected chi connectivity index (χ2v) is 3.04. The number of anilines is 1. The van der Waals surface area contributed by atoms with Crippen LogP contribution in [0.5, 0.6) is 0 Å². The van der Waals surface area contributed by atoms with Gasteiger partial charge in [0, 0.05) is 0 Å². The average Bonchev–Trinajstić information content (AvgIpc) is 2.09. The average molecular weight is 251 g/mol. The van der Waals surface area contributed by atoms with Crippen LogP contribution in [0.3, 0.4) is 0 Å². The van der Waals surface area contributed by atoms with Gasteiger partial charge in [-0.15, -0.1) is 0 Å². The van der Waals surface area contributed by atoms with Crippen molar-refractivity contribution in [1.82, 2.24) is 4.98 Å². The standard InChI is InChI=1S/C7H5BrF2N2O/c8-5-3(2-13)6(7(9)10)12-1-4(5)11/h1-2,7H,11H2. The fourth-order valence-electron chi connectivity index (χ4n) is 0.819. The van der Waals surface area contributed by atoms with Gasteiger partial charge in [-0.25, -0.2) is 8.78 Å². The number of carbonyl (C=O) groups is 1. The Morgan fingerprint density at radius 2 is 2.23 bits per heavy atom. The molecule has 0 unspecified atom stereocenters. The number of hydrogen-bond acceptors (Lipinski definition) is 3. The summed E-state index contributed by atoms with van der Waals surface area (Å²) in [5.74, 6) is 0. The van der Waals surface area contributed by atoms with Crippen molar-refractivity contribution in [1.29, 1.82) is 0 Å². The van der Waals surface area contributed by atoms with Crippen LogP contribution in [0.25, 0.3) is 0 Å². The van der Waals surface area contributed by atoms with Gasteiger partial charge in [0.05, 0.1) is 21.9 Å².